The third kappa shape index (κ3) is 4.32. The van der Waals surface area contributed by atoms with E-state index in [-0.39, 0.29) is 24.5 Å². The molecule has 0 fully saturated rings. The van der Waals surface area contributed by atoms with Crippen molar-refractivity contribution in [3.05, 3.63) is 58.4 Å². The van der Waals surface area contributed by atoms with Gasteiger partial charge in [-0.1, -0.05) is 30.3 Å². The Morgan fingerprint density at radius 1 is 1.00 bits per heavy atom. The number of nitrogens with one attached hydrogen (secondary N) is 1. The largest absolute Gasteiger partial charge is 0.463 e. The molecule has 8 heteroatoms. The standard InChI is InChI=1S/C19H20F3NO4/c1-4-26-17(24)13-11(3)23-16(19(20,21)22)15(18(25)27-5-2)14(13)12-9-7-6-8-10-12/h6-10,14,23H,4-5H2,1-3H3. The number of esters is 2. The van der Waals surface area contributed by atoms with Gasteiger partial charge in [-0.3, -0.25) is 0 Å². The zero-order chi connectivity index (χ0) is 20.2. The number of carbonyl (C=O) groups excluding carboxylic acids is 2. The molecule has 1 aromatic rings. The molecule has 27 heavy (non-hydrogen) atoms. The zero-order valence-corrected chi connectivity index (χ0v) is 15.1. The summed E-state index contributed by atoms with van der Waals surface area (Å²) in [5.74, 6) is -3.19. The van der Waals surface area contributed by atoms with E-state index in [0.29, 0.717) is 5.56 Å². The monoisotopic (exact) mass is 383 g/mol. The van der Waals surface area contributed by atoms with Crippen molar-refractivity contribution in [1.82, 2.24) is 5.32 Å². The summed E-state index contributed by atoms with van der Waals surface area (Å²) in [5, 5.41) is 2.17. The third-order valence-electron chi connectivity index (χ3n) is 3.97. The Kier molecular flexibility index (Phi) is 6.30. The van der Waals surface area contributed by atoms with E-state index in [9.17, 15) is 22.8 Å². The Balaban J connectivity index is 2.76. The first-order valence-electron chi connectivity index (χ1n) is 8.40. The van der Waals surface area contributed by atoms with Crippen LogP contribution in [0, 0.1) is 0 Å². The van der Waals surface area contributed by atoms with Crippen molar-refractivity contribution >= 4 is 11.9 Å². The minimum absolute atomic E-state index is 0.0253. The van der Waals surface area contributed by atoms with E-state index in [0.717, 1.165) is 0 Å². The Hall–Kier alpha value is -2.77. The highest BCUT2D eigenvalue weighted by Crippen LogP contribution is 2.43. The highest BCUT2D eigenvalue weighted by Gasteiger charge is 2.47. The van der Waals surface area contributed by atoms with Crippen molar-refractivity contribution in [2.45, 2.75) is 32.9 Å². The molecule has 5 nitrogen and oxygen atoms in total. The molecule has 1 aliphatic heterocycles. The lowest BCUT2D eigenvalue weighted by Gasteiger charge is -2.32. The van der Waals surface area contributed by atoms with Crippen LogP contribution in [-0.2, 0) is 19.1 Å². The lowest BCUT2D eigenvalue weighted by atomic mass is 9.80. The van der Waals surface area contributed by atoms with Gasteiger partial charge in [0.05, 0.1) is 30.3 Å². The van der Waals surface area contributed by atoms with Crippen LogP contribution in [0.5, 0.6) is 0 Å². The Bertz CT molecular complexity index is 782. The summed E-state index contributed by atoms with van der Waals surface area (Å²) in [5.41, 5.74) is -1.63. The van der Waals surface area contributed by atoms with E-state index in [2.05, 4.69) is 5.32 Å². The number of hydrogen-bond acceptors (Lipinski definition) is 5. The predicted molar refractivity (Wildman–Crippen MR) is 91.4 cm³/mol. The molecular weight excluding hydrogens is 363 g/mol. The number of benzene rings is 1. The van der Waals surface area contributed by atoms with Gasteiger partial charge in [-0.05, 0) is 26.3 Å². The van der Waals surface area contributed by atoms with Crippen molar-refractivity contribution in [1.29, 1.82) is 0 Å². The molecule has 2 rings (SSSR count). The molecule has 0 aliphatic carbocycles. The summed E-state index contributed by atoms with van der Waals surface area (Å²) in [4.78, 5) is 25.0. The van der Waals surface area contributed by atoms with E-state index >= 15 is 0 Å². The number of hydrogen-bond donors (Lipinski definition) is 1. The SMILES string of the molecule is CCOC(=O)C1=C(C)NC(C(F)(F)F)=C(C(=O)OCC)C1c1ccccc1. The van der Waals surface area contributed by atoms with Crippen molar-refractivity contribution in [3.8, 4) is 0 Å². The summed E-state index contributed by atoms with van der Waals surface area (Å²) in [6, 6.07) is 8.02. The van der Waals surface area contributed by atoms with Crippen molar-refractivity contribution in [2.24, 2.45) is 0 Å². The molecule has 0 spiro atoms. The maximum Gasteiger partial charge on any atom is 0.431 e. The first kappa shape index (κ1) is 20.5. The number of ether oxygens (including phenoxy) is 2. The van der Waals surface area contributed by atoms with Gasteiger partial charge >= 0.3 is 18.1 Å². The third-order valence-corrected chi connectivity index (χ3v) is 3.97. The molecule has 0 amide bonds. The minimum Gasteiger partial charge on any atom is -0.463 e. The van der Waals surface area contributed by atoms with Crippen LogP contribution in [0.1, 0.15) is 32.3 Å². The molecule has 0 saturated carbocycles. The van der Waals surface area contributed by atoms with Crippen molar-refractivity contribution in [2.75, 3.05) is 13.2 Å². The van der Waals surface area contributed by atoms with Crippen LogP contribution < -0.4 is 5.32 Å². The first-order valence-corrected chi connectivity index (χ1v) is 8.40. The topological polar surface area (TPSA) is 64.6 Å². The fourth-order valence-electron chi connectivity index (χ4n) is 2.94. The molecule has 0 aromatic heterocycles. The summed E-state index contributed by atoms with van der Waals surface area (Å²) < 4.78 is 50.9. The summed E-state index contributed by atoms with van der Waals surface area (Å²) >= 11 is 0. The second kappa shape index (κ2) is 8.28. The van der Waals surface area contributed by atoms with E-state index in [1.807, 2.05) is 0 Å². The van der Waals surface area contributed by atoms with E-state index in [1.165, 1.54) is 13.8 Å². The molecule has 0 bridgehead atoms. The fraction of sp³-hybridized carbons (Fsp3) is 0.368. The average molecular weight is 383 g/mol. The summed E-state index contributed by atoms with van der Waals surface area (Å²) in [7, 11) is 0. The van der Waals surface area contributed by atoms with E-state index in [4.69, 9.17) is 9.47 Å². The lowest BCUT2D eigenvalue weighted by molar-refractivity contribution is -0.141. The van der Waals surface area contributed by atoms with E-state index < -0.39 is 35.3 Å². The van der Waals surface area contributed by atoms with Gasteiger partial charge in [0.1, 0.15) is 5.70 Å². The number of rotatable bonds is 5. The van der Waals surface area contributed by atoms with Gasteiger partial charge < -0.3 is 14.8 Å². The molecule has 1 aromatic carbocycles. The van der Waals surface area contributed by atoms with Crippen LogP contribution in [0.15, 0.2) is 52.9 Å². The maximum atomic E-state index is 13.7. The van der Waals surface area contributed by atoms with E-state index in [1.54, 1.807) is 37.3 Å². The molecular formula is C19H20F3NO4. The highest BCUT2D eigenvalue weighted by atomic mass is 19.4. The molecule has 0 saturated heterocycles. The lowest BCUT2D eigenvalue weighted by Crippen LogP contribution is -2.38. The molecule has 1 heterocycles. The van der Waals surface area contributed by atoms with Gasteiger partial charge in [0.25, 0.3) is 0 Å². The smallest absolute Gasteiger partial charge is 0.431 e. The van der Waals surface area contributed by atoms with Crippen LogP contribution in [0.4, 0.5) is 13.2 Å². The van der Waals surface area contributed by atoms with Gasteiger partial charge in [0, 0.05) is 5.70 Å². The fourth-order valence-corrected chi connectivity index (χ4v) is 2.94. The number of carbonyl (C=O) groups is 2. The number of allylic oxidation sites excluding steroid dienone is 2. The van der Waals surface area contributed by atoms with Crippen molar-refractivity contribution in [3.63, 3.8) is 0 Å². The second-order valence-electron chi connectivity index (χ2n) is 5.73. The summed E-state index contributed by atoms with van der Waals surface area (Å²) in [6.45, 7) is 4.36. The quantitative estimate of drug-likeness (QED) is 0.788. The molecule has 1 atom stereocenters. The van der Waals surface area contributed by atoms with Gasteiger partial charge in [-0.2, -0.15) is 13.2 Å². The van der Waals surface area contributed by atoms with Gasteiger partial charge in [-0.15, -0.1) is 0 Å². The van der Waals surface area contributed by atoms with Crippen molar-refractivity contribution < 1.29 is 32.2 Å². The Morgan fingerprint density at radius 3 is 2.00 bits per heavy atom. The number of dihydropyridines is 1. The zero-order valence-electron chi connectivity index (χ0n) is 15.1. The second-order valence-corrected chi connectivity index (χ2v) is 5.73. The minimum atomic E-state index is -4.84. The Labute approximate surface area is 154 Å². The first-order chi connectivity index (χ1) is 12.7. The van der Waals surface area contributed by atoms with Crippen LogP contribution in [-0.4, -0.2) is 31.3 Å². The number of halogens is 3. The van der Waals surface area contributed by atoms with Crippen LogP contribution in [0.25, 0.3) is 0 Å². The van der Waals surface area contributed by atoms with Crippen LogP contribution in [0.2, 0.25) is 0 Å². The molecule has 1 N–H and O–H groups in total. The molecule has 0 radical (unpaired) electrons. The highest BCUT2D eigenvalue weighted by molar-refractivity contribution is 6.00. The van der Waals surface area contributed by atoms with Gasteiger partial charge in [0.15, 0.2) is 0 Å². The molecule has 1 unspecified atom stereocenters. The maximum absolute atomic E-state index is 13.7. The summed E-state index contributed by atoms with van der Waals surface area (Å²) in [6.07, 6.45) is -4.84. The van der Waals surface area contributed by atoms with Crippen LogP contribution >= 0.6 is 0 Å². The Morgan fingerprint density at radius 2 is 1.52 bits per heavy atom. The molecule has 146 valence electrons. The normalized spacial score (nSPS) is 17.5. The van der Waals surface area contributed by atoms with Crippen LogP contribution in [0.3, 0.4) is 0 Å². The average Bonchev–Trinajstić information content (AvgIpc) is 2.61. The van der Waals surface area contributed by atoms with Gasteiger partial charge in [-0.25, -0.2) is 9.59 Å². The molecule has 1 aliphatic rings. The van der Waals surface area contributed by atoms with Gasteiger partial charge in [0.2, 0.25) is 0 Å². The number of alkyl halides is 3. The predicted octanol–water partition coefficient (Wildman–Crippen LogP) is 3.59.